The lowest BCUT2D eigenvalue weighted by Crippen LogP contribution is -2.49. The molecule has 0 radical (unpaired) electrons. The van der Waals surface area contributed by atoms with Crippen molar-refractivity contribution in [3.8, 4) is 0 Å². The predicted molar refractivity (Wildman–Crippen MR) is 113 cm³/mol. The van der Waals surface area contributed by atoms with E-state index in [0.717, 1.165) is 17.0 Å². The predicted octanol–water partition coefficient (Wildman–Crippen LogP) is 3.42. The number of nitrogens with one attached hydrogen (secondary N) is 2. The summed E-state index contributed by atoms with van der Waals surface area (Å²) in [5.74, 6) is 0.747. The summed E-state index contributed by atoms with van der Waals surface area (Å²) >= 11 is 5.28. The molecule has 2 rings (SSSR count). The Balaban J connectivity index is 1.92. The molecule has 1 aliphatic rings. The maximum absolute atomic E-state index is 10.6. The Morgan fingerprint density at radius 2 is 1.92 bits per heavy atom. The van der Waals surface area contributed by atoms with Crippen LogP contribution in [0.25, 0.3) is 0 Å². The molecular weight excluding hydrogens is 414 g/mol. The van der Waals surface area contributed by atoms with E-state index in [2.05, 4.69) is 64.7 Å². The van der Waals surface area contributed by atoms with Gasteiger partial charge < -0.3 is 20.5 Å². The van der Waals surface area contributed by atoms with E-state index in [9.17, 15) is 5.11 Å². The molecule has 0 amide bonds. The van der Waals surface area contributed by atoms with E-state index >= 15 is 0 Å². The van der Waals surface area contributed by atoms with Crippen LogP contribution in [0.4, 0.5) is 0 Å². The van der Waals surface area contributed by atoms with Gasteiger partial charge in [-0.15, -0.1) is 11.8 Å². The lowest BCUT2D eigenvalue weighted by molar-refractivity contribution is -0.0594. The van der Waals surface area contributed by atoms with Gasteiger partial charge in [-0.3, -0.25) is 4.99 Å². The maximum atomic E-state index is 10.6. The number of halogens is 1. The molecule has 0 saturated carbocycles. The molecule has 1 aliphatic heterocycles. The minimum absolute atomic E-state index is 0.0360. The van der Waals surface area contributed by atoms with Gasteiger partial charge >= 0.3 is 0 Å². The van der Waals surface area contributed by atoms with Crippen LogP contribution < -0.4 is 10.6 Å². The zero-order valence-electron chi connectivity index (χ0n) is 15.8. The van der Waals surface area contributed by atoms with Crippen molar-refractivity contribution in [2.24, 2.45) is 4.99 Å². The number of benzene rings is 1. The SMILES string of the molecule is CCNC(=NCC(C)(C)Sc1ccc(Br)cc1)NCC1(O)CCOCC1. The number of ether oxygens (including phenoxy) is 1. The number of guanidine groups is 1. The van der Waals surface area contributed by atoms with Gasteiger partial charge in [-0.2, -0.15) is 0 Å². The molecule has 0 bridgehead atoms. The van der Waals surface area contributed by atoms with Crippen molar-refractivity contribution in [2.75, 3.05) is 32.8 Å². The molecule has 26 heavy (non-hydrogen) atoms. The Kier molecular flexibility index (Phi) is 8.26. The van der Waals surface area contributed by atoms with Crippen LogP contribution in [-0.4, -0.2) is 54.3 Å². The largest absolute Gasteiger partial charge is 0.388 e. The summed E-state index contributed by atoms with van der Waals surface area (Å²) in [6.45, 7) is 9.60. The first kappa shape index (κ1) is 21.5. The second-order valence-corrected chi connectivity index (χ2v) is 9.90. The Labute approximate surface area is 169 Å². The number of rotatable bonds is 7. The smallest absolute Gasteiger partial charge is 0.191 e. The summed E-state index contributed by atoms with van der Waals surface area (Å²) in [4.78, 5) is 5.96. The summed E-state index contributed by atoms with van der Waals surface area (Å²) in [7, 11) is 0. The normalized spacial score (nSPS) is 17.8. The summed E-state index contributed by atoms with van der Waals surface area (Å²) < 4.78 is 6.39. The van der Waals surface area contributed by atoms with Gasteiger partial charge in [-0.1, -0.05) is 15.9 Å². The van der Waals surface area contributed by atoms with Crippen LogP contribution in [-0.2, 0) is 4.74 Å². The van der Waals surface area contributed by atoms with E-state index < -0.39 is 5.60 Å². The third-order valence-electron chi connectivity index (χ3n) is 4.18. The first-order valence-corrected chi connectivity index (χ1v) is 10.7. The third kappa shape index (κ3) is 7.47. The average molecular weight is 444 g/mol. The summed E-state index contributed by atoms with van der Waals surface area (Å²) in [6.07, 6.45) is 1.31. The minimum atomic E-state index is -0.712. The molecule has 0 aliphatic carbocycles. The Bertz CT molecular complexity index is 587. The van der Waals surface area contributed by atoms with Crippen LogP contribution in [0, 0.1) is 0 Å². The van der Waals surface area contributed by atoms with Gasteiger partial charge in [-0.25, -0.2) is 0 Å². The zero-order valence-corrected chi connectivity index (χ0v) is 18.3. The van der Waals surface area contributed by atoms with E-state index in [1.807, 2.05) is 18.7 Å². The average Bonchev–Trinajstić information content (AvgIpc) is 2.60. The molecule has 0 unspecified atom stereocenters. The number of aliphatic hydroxyl groups is 1. The number of thioether (sulfide) groups is 1. The van der Waals surface area contributed by atoms with Gasteiger partial charge in [0.1, 0.15) is 0 Å². The van der Waals surface area contributed by atoms with Crippen molar-refractivity contribution in [3.63, 3.8) is 0 Å². The molecule has 1 saturated heterocycles. The lowest BCUT2D eigenvalue weighted by Gasteiger charge is -2.32. The molecule has 7 heteroatoms. The van der Waals surface area contributed by atoms with Crippen molar-refractivity contribution in [1.29, 1.82) is 0 Å². The highest BCUT2D eigenvalue weighted by atomic mass is 79.9. The van der Waals surface area contributed by atoms with E-state index in [0.29, 0.717) is 39.1 Å². The second kappa shape index (κ2) is 9.97. The maximum Gasteiger partial charge on any atom is 0.191 e. The summed E-state index contributed by atoms with van der Waals surface area (Å²) in [5.41, 5.74) is -0.712. The molecule has 0 aromatic heterocycles. The molecule has 1 aromatic rings. The van der Waals surface area contributed by atoms with Crippen LogP contribution in [0.5, 0.6) is 0 Å². The van der Waals surface area contributed by atoms with Crippen molar-refractivity contribution >= 4 is 33.7 Å². The van der Waals surface area contributed by atoms with Gasteiger partial charge in [0, 0.05) is 53.3 Å². The van der Waals surface area contributed by atoms with Crippen LogP contribution >= 0.6 is 27.7 Å². The molecule has 0 spiro atoms. The van der Waals surface area contributed by atoms with Gasteiger partial charge in [0.2, 0.25) is 0 Å². The van der Waals surface area contributed by atoms with Crippen LogP contribution in [0.1, 0.15) is 33.6 Å². The highest BCUT2D eigenvalue weighted by Gasteiger charge is 2.30. The van der Waals surface area contributed by atoms with Crippen LogP contribution in [0.15, 0.2) is 38.6 Å². The number of hydrogen-bond donors (Lipinski definition) is 3. The monoisotopic (exact) mass is 443 g/mol. The molecular formula is C19H30BrN3O2S. The van der Waals surface area contributed by atoms with E-state index in [1.54, 1.807) is 0 Å². The van der Waals surface area contributed by atoms with Gasteiger partial charge in [0.25, 0.3) is 0 Å². The zero-order chi connectivity index (χ0) is 19.0. The fraction of sp³-hybridized carbons (Fsp3) is 0.632. The Morgan fingerprint density at radius 3 is 2.54 bits per heavy atom. The molecule has 1 fully saturated rings. The fourth-order valence-corrected chi connectivity index (χ4v) is 3.95. The van der Waals surface area contributed by atoms with Crippen molar-refractivity contribution in [2.45, 2.75) is 48.9 Å². The second-order valence-electron chi connectivity index (χ2n) is 7.20. The van der Waals surface area contributed by atoms with E-state index in [1.165, 1.54) is 4.90 Å². The lowest BCUT2D eigenvalue weighted by atomic mass is 9.94. The molecule has 1 aromatic carbocycles. The number of aliphatic imine (C=N–C) groups is 1. The third-order valence-corrected chi connectivity index (χ3v) is 5.90. The molecule has 0 atom stereocenters. The first-order chi connectivity index (χ1) is 12.3. The summed E-state index contributed by atoms with van der Waals surface area (Å²) in [5, 5.41) is 17.2. The van der Waals surface area contributed by atoms with Crippen molar-refractivity contribution < 1.29 is 9.84 Å². The molecule has 1 heterocycles. The standard InChI is InChI=1S/C19H30BrN3O2S/c1-4-21-17(23-14-19(24)9-11-25-12-10-19)22-13-18(2,3)26-16-7-5-15(20)6-8-16/h5-8,24H,4,9-14H2,1-3H3,(H2,21,22,23). The Morgan fingerprint density at radius 1 is 1.27 bits per heavy atom. The van der Waals surface area contributed by atoms with Crippen molar-refractivity contribution in [3.05, 3.63) is 28.7 Å². The number of hydrogen-bond acceptors (Lipinski definition) is 4. The molecule has 146 valence electrons. The van der Waals surface area contributed by atoms with Crippen LogP contribution in [0.2, 0.25) is 0 Å². The first-order valence-electron chi connectivity index (χ1n) is 9.09. The van der Waals surface area contributed by atoms with Gasteiger partial charge in [-0.05, 0) is 45.0 Å². The number of nitrogens with zero attached hydrogens (tertiary/aromatic N) is 1. The minimum Gasteiger partial charge on any atom is -0.388 e. The molecule has 3 N–H and O–H groups in total. The van der Waals surface area contributed by atoms with Crippen molar-refractivity contribution in [1.82, 2.24) is 10.6 Å². The summed E-state index contributed by atoms with van der Waals surface area (Å²) in [6, 6.07) is 8.35. The highest BCUT2D eigenvalue weighted by molar-refractivity contribution is 9.10. The quantitative estimate of drug-likeness (QED) is 0.342. The highest BCUT2D eigenvalue weighted by Crippen LogP contribution is 2.33. The van der Waals surface area contributed by atoms with E-state index in [4.69, 9.17) is 9.73 Å². The van der Waals surface area contributed by atoms with Gasteiger partial charge in [0.05, 0.1) is 12.1 Å². The van der Waals surface area contributed by atoms with E-state index in [-0.39, 0.29) is 4.75 Å². The fourth-order valence-electron chi connectivity index (χ4n) is 2.64. The van der Waals surface area contributed by atoms with Gasteiger partial charge in [0.15, 0.2) is 5.96 Å². The Hall–Kier alpha value is -0.760. The topological polar surface area (TPSA) is 65.9 Å². The van der Waals surface area contributed by atoms with Crippen LogP contribution in [0.3, 0.4) is 0 Å². The molecule has 5 nitrogen and oxygen atoms in total.